The Morgan fingerprint density at radius 2 is 1.87 bits per heavy atom. The van der Waals surface area contributed by atoms with E-state index in [1.165, 1.54) is 12.1 Å². The normalized spacial score (nSPS) is 10.9. The van der Waals surface area contributed by atoms with Gasteiger partial charge in [0.15, 0.2) is 0 Å². The van der Waals surface area contributed by atoms with Crippen LogP contribution in [-0.4, -0.2) is 11.5 Å². The number of nitriles is 1. The molecule has 2 rings (SSSR count). The van der Waals surface area contributed by atoms with E-state index in [0.29, 0.717) is 17.7 Å². The Kier molecular flexibility index (Phi) is 5.48. The Balaban J connectivity index is 2.21. The van der Waals surface area contributed by atoms with Gasteiger partial charge in [-0.25, -0.2) is 0 Å². The fourth-order valence-electron chi connectivity index (χ4n) is 1.99. The maximum Gasteiger partial charge on any atom is 0.269 e. The molecule has 5 nitrogen and oxygen atoms in total. The molecule has 0 radical (unpaired) electrons. The van der Waals surface area contributed by atoms with Crippen molar-refractivity contribution in [2.45, 2.75) is 13.3 Å². The highest BCUT2D eigenvalue weighted by Crippen LogP contribution is 2.22. The van der Waals surface area contributed by atoms with Crippen LogP contribution in [0.2, 0.25) is 0 Å². The summed E-state index contributed by atoms with van der Waals surface area (Å²) >= 11 is 0. The molecule has 0 bridgehead atoms. The van der Waals surface area contributed by atoms with Crippen molar-refractivity contribution in [3.63, 3.8) is 0 Å². The number of benzene rings is 2. The molecular weight excluding hydrogens is 292 g/mol. The van der Waals surface area contributed by atoms with Crippen LogP contribution in [0.4, 0.5) is 5.69 Å². The molecule has 23 heavy (non-hydrogen) atoms. The molecule has 0 aliphatic carbocycles. The summed E-state index contributed by atoms with van der Waals surface area (Å²) in [5.41, 5.74) is 1.96. The van der Waals surface area contributed by atoms with Crippen LogP contribution in [0.3, 0.4) is 0 Å². The fourth-order valence-corrected chi connectivity index (χ4v) is 1.99. The highest BCUT2D eigenvalue weighted by molar-refractivity contribution is 5.89. The lowest BCUT2D eigenvalue weighted by molar-refractivity contribution is -0.384. The topological polar surface area (TPSA) is 76.2 Å². The van der Waals surface area contributed by atoms with Gasteiger partial charge in [0.1, 0.15) is 5.75 Å². The molecule has 0 N–H and O–H groups in total. The van der Waals surface area contributed by atoms with Gasteiger partial charge in [0.25, 0.3) is 5.69 Å². The Labute approximate surface area is 134 Å². The third kappa shape index (κ3) is 4.42. The molecule has 0 aromatic heterocycles. The lowest BCUT2D eigenvalue weighted by Gasteiger charge is -2.04. The summed E-state index contributed by atoms with van der Waals surface area (Å²) in [5, 5.41) is 20.0. The van der Waals surface area contributed by atoms with Crippen molar-refractivity contribution in [2.24, 2.45) is 0 Å². The van der Waals surface area contributed by atoms with Crippen molar-refractivity contribution in [2.75, 3.05) is 6.61 Å². The first-order valence-corrected chi connectivity index (χ1v) is 7.23. The van der Waals surface area contributed by atoms with E-state index < -0.39 is 4.92 Å². The van der Waals surface area contributed by atoms with Gasteiger partial charge in [-0.15, -0.1) is 0 Å². The van der Waals surface area contributed by atoms with Crippen molar-refractivity contribution < 1.29 is 9.66 Å². The Hall–Kier alpha value is -3.13. The van der Waals surface area contributed by atoms with Gasteiger partial charge in [0.2, 0.25) is 0 Å². The zero-order valence-electron chi connectivity index (χ0n) is 12.7. The number of nitrogens with zero attached hydrogens (tertiary/aromatic N) is 2. The molecule has 0 atom stereocenters. The molecule has 116 valence electrons. The van der Waals surface area contributed by atoms with E-state index in [1.807, 2.05) is 31.2 Å². The molecule has 2 aromatic rings. The van der Waals surface area contributed by atoms with Crippen LogP contribution in [-0.2, 0) is 0 Å². The Morgan fingerprint density at radius 1 is 1.22 bits per heavy atom. The molecule has 0 amide bonds. The minimum atomic E-state index is -0.464. The lowest BCUT2D eigenvalue weighted by Crippen LogP contribution is -1.94. The summed E-state index contributed by atoms with van der Waals surface area (Å²) in [6.45, 7) is 2.71. The molecular formula is C18H16N2O3. The molecule has 0 spiro atoms. The fraction of sp³-hybridized carbons (Fsp3) is 0.167. The van der Waals surface area contributed by atoms with Gasteiger partial charge >= 0.3 is 0 Å². The Bertz CT molecular complexity index is 741. The number of non-ortho nitro benzene ring substituents is 1. The van der Waals surface area contributed by atoms with Crippen LogP contribution < -0.4 is 4.74 Å². The highest BCUT2D eigenvalue weighted by atomic mass is 16.6. The minimum absolute atomic E-state index is 0.00321. The predicted octanol–water partition coefficient (Wildman–Crippen LogP) is 4.45. The van der Waals surface area contributed by atoms with E-state index in [4.69, 9.17) is 4.74 Å². The molecule has 0 fully saturated rings. The predicted molar refractivity (Wildman–Crippen MR) is 88.8 cm³/mol. The largest absolute Gasteiger partial charge is 0.494 e. The number of nitro groups is 1. The highest BCUT2D eigenvalue weighted by Gasteiger charge is 2.07. The second kappa shape index (κ2) is 7.76. The summed E-state index contributed by atoms with van der Waals surface area (Å²) in [4.78, 5) is 10.2. The second-order valence-corrected chi connectivity index (χ2v) is 4.89. The molecule has 0 saturated heterocycles. The van der Waals surface area contributed by atoms with Crippen LogP contribution in [0, 0.1) is 21.4 Å². The SMILES string of the molecule is CCCOc1ccc(C=C(C#N)c2ccc([N+](=O)[O-])cc2)cc1. The van der Waals surface area contributed by atoms with Gasteiger partial charge in [-0.2, -0.15) is 5.26 Å². The van der Waals surface area contributed by atoms with Crippen LogP contribution in [0.5, 0.6) is 5.75 Å². The van der Waals surface area contributed by atoms with Crippen LogP contribution in [0.1, 0.15) is 24.5 Å². The first-order valence-electron chi connectivity index (χ1n) is 7.23. The summed E-state index contributed by atoms with van der Waals surface area (Å²) in [7, 11) is 0. The van der Waals surface area contributed by atoms with Crippen molar-refractivity contribution in [1.82, 2.24) is 0 Å². The van der Waals surface area contributed by atoms with E-state index in [9.17, 15) is 15.4 Å². The monoisotopic (exact) mass is 308 g/mol. The maximum atomic E-state index is 10.7. The summed E-state index contributed by atoms with van der Waals surface area (Å²) in [6.07, 6.45) is 2.69. The molecule has 5 heteroatoms. The van der Waals surface area contributed by atoms with Gasteiger partial charge in [0.05, 0.1) is 23.2 Å². The number of ether oxygens (including phenoxy) is 1. The third-order valence-electron chi connectivity index (χ3n) is 3.17. The molecule has 0 aliphatic heterocycles. The van der Waals surface area contributed by atoms with E-state index >= 15 is 0 Å². The molecule has 2 aromatic carbocycles. The number of allylic oxidation sites excluding steroid dienone is 1. The molecule has 0 heterocycles. The minimum Gasteiger partial charge on any atom is -0.494 e. The van der Waals surface area contributed by atoms with Crippen molar-refractivity contribution >= 4 is 17.3 Å². The van der Waals surface area contributed by atoms with E-state index in [0.717, 1.165) is 17.7 Å². The number of rotatable bonds is 6. The quantitative estimate of drug-likeness (QED) is 0.342. The zero-order chi connectivity index (χ0) is 16.7. The van der Waals surface area contributed by atoms with Gasteiger partial charge in [-0.3, -0.25) is 10.1 Å². The van der Waals surface area contributed by atoms with Gasteiger partial charge in [-0.1, -0.05) is 19.1 Å². The maximum absolute atomic E-state index is 10.7. The van der Waals surface area contributed by atoms with Crippen LogP contribution in [0.15, 0.2) is 48.5 Å². The summed E-state index contributed by atoms with van der Waals surface area (Å²) in [6, 6.07) is 15.5. The average molecular weight is 308 g/mol. The summed E-state index contributed by atoms with van der Waals surface area (Å²) in [5.74, 6) is 0.790. The van der Waals surface area contributed by atoms with Gasteiger partial charge in [-0.05, 0) is 47.9 Å². The van der Waals surface area contributed by atoms with Crippen molar-refractivity contribution in [3.05, 3.63) is 69.8 Å². The van der Waals surface area contributed by atoms with Crippen LogP contribution >= 0.6 is 0 Å². The van der Waals surface area contributed by atoms with Crippen molar-refractivity contribution in [1.29, 1.82) is 5.26 Å². The summed E-state index contributed by atoms with van der Waals surface area (Å²) < 4.78 is 5.51. The van der Waals surface area contributed by atoms with E-state index in [2.05, 4.69) is 6.07 Å². The average Bonchev–Trinajstić information content (AvgIpc) is 2.59. The first kappa shape index (κ1) is 16.2. The molecule has 0 unspecified atom stereocenters. The number of nitro benzene ring substituents is 1. The van der Waals surface area contributed by atoms with E-state index in [1.54, 1.807) is 18.2 Å². The lowest BCUT2D eigenvalue weighted by atomic mass is 10.0. The molecule has 0 aliphatic rings. The second-order valence-electron chi connectivity index (χ2n) is 4.89. The first-order chi connectivity index (χ1) is 11.1. The van der Waals surface area contributed by atoms with E-state index in [-0.39, 0.29) is 5.69 Å². The third-order valence-corrected chi connectivity index (χ3v) is 3.17. The van der Waals surface area contributed by atoms with Gasteiger partial charge in [0, 0.05) is 12.1 Å². The Morgan fingerprint density at radius 3 is 2.39 bits per heavy atom. The standard InChI is InChI=1S/C18H16N2O3/c1-2-11-23-18-9-3-14(4-10-18)12-16(13-19)15-5-7-17(8-6-15)20(21)22/h3-10,12H,2,11H2,1H3. The number of hydrogen-bond donors (Lipinski definition) is 0. The molecule has 0 saturated carbocycles. The smallest absolute Gasteiger partial charge is 0.269 e. The van der Waals surface area contributed by atoms with Gasteiger partial charge < -0.3 is 4.74 Å². The van der Waals surface area contributed by atoms with Crippen molar-refractivity contribution in [3.8, 4) is 11.8 Å². The zero-order valence-corrected chi connectivity index (χ0v) is 12.7. The van der Waals surface area contributed by atoms with Crippen LogP contribution in [0.25, 0.3) is 11.6 Å². The number of hydrogen-bond acceptors (Lipinski definition) is 4.